The van der Waals surface area contributed by atoms with Gasteiger partial charge in [-0.05, 0) is 44.2 Å². The van der Waals surface area contributed by atoms with Crippen LogP contribution in [0.15, 0.2) is 60.0 Å². The van der Waals surface area contributed by atoms with E-state index in [1.807, 2.05) is 62.4 Å². The zero-order valence-electron chi connectivity index (χ0n) is 13.6. The van der Waals surface area contributed by atoms with Gasteiger partial charge in [-0.25, -0.2) is 8.42 Å². The van der Waals surface area contributed by atoms with Gasteiger partial charge < -0.3 is 4.90 Å². The second kappa shape index (κ2) is 6.24. The lowest BCUT2D eigenvalue weighted by atomic mass is 10.1. The van der Waals surface area contributed by atoms with Gasteiger partial charge >= 0.3 is 0 Å². The number of hydrogen-bond acceptors (Lipinski definition) is 3. The first-order chi connectivity index (χ1) is 11.4. The van der Waals surface area contributed by atoms with Crippen LogP contribution in [0.4, 0.5) is 5.69 Å². The maximum atomic E-state index is 13.1. The number of benzene rings is 2. The zero-order valence-corrected chi connectivity index (χ0v) is 14.5. The fourth-order valence-corrected chi connectivity index (χ4v) is 4.27. The lowest BCUT2D eigenvalue weighted by Gasteiger charge is -2.28. The molecule has 0 aromatic heterocycles. The summed E-state index contributed by atoms with van der Waals surface area (Å²) in [4.78, 5) is 14.7. The van der Waals surface area contributed by atoms with Crippen LogP contribution in [0.3, 0.4) is 0 Å². The Balaban J connectivity index is 2.05. The predicted octanol–water partition coefficient (Wildman–Crippen LogP) is 3.26. The molecule has 2 aromatic carbocycles. The maximum Gasteiger partial charge on any atom is 0.258 e. The fourth-order valence-electron chi connectivity index (χ4n) is 3.01. The van der Waals surface area contributed by atoms with E-state index < -0.39 is 15.9 Å². The highest BCUT2D eigenvalue weighted by Gasteiger charge is 2.32. The van der Waals surface area contributed by atoms with Gasteiger partial charge in [0.2, 0.25) is 0 Å². The van der Waals surface area contributed by atoms with Crippen LogP contribution in [0, 0.1) is 13.8 Å². The molecule has 1 heterocycles. The molecule has 0 N–H and O–H groups in total. The number of aryl methyl sites for hydroxylation is 2. The molecular formula is C19H19NO3S. The number of para-hydroxylation sites is 1. The molecule has 1 aliphatic heterocycles. The highest BCUT2D eigenvalue weighted by atomic mass is 32.2. The van der Waals surface area contributed by atoms with E-state index >= 15 is 0 Å². The number of amides is 1. The molecule has 0 bridgehead atoms. The normalized spacial score (nSPS) is 18.5. The molecule has 24 heavy (non-hydrogen) atoms. The van der Waals surface area contributed by atoms with Crippen LogP contribution in [0.2, 0.25) is 0 Å². The largest absolute Gasteiger partial charge is 0.300 e. The Labute approximate surface area is 142 Å². The summed E-state index contributed by atoms with van der Waals surface area (Å²) in [6.45, 7) is 3.88. The zero-order chi connectivity index (χ0) is 17.3. The van der Waals surface area contributed by atoms with Crippen LogP contribution >= 0.6 is 0 Å². The molecule has 5 heteroatoms. The highest BCUT2D eigenvalue weighted by molar-refractivity contribution is 7.94. The molecule has 0 radical (unpaired) electrons. The lowest BCUT2D eigenvalue weighted by Crippen LogP contribution is -2.41. The van der Waals surface area contributed by atoms with E-state index in [0.29, 0.717) is 11.3 Å². The number of carbonyl (C=O) groups excluding carboxylic acids is 1. The monoisotopic (exact) mass is 341 g/mol. The minimum atomic E-state index is -3.25. The van der Waals surface area contributed by atoms with Gasteiger partial charge in [0.1, 0.15) is 0 Å². The number of rotatable bonds is 3. The van der Waals surface area contributed by atoms with Crippen molar-refractivity contribution in [3.05, 3.63) is 76.7 Å². The third-order valence-electron chi connectivity index (χ3n) is 3.96. The third-order valence-corrected chi connectivity index (χ3v) is 5.34. The van der Waals surface area contributed by atoms with Gasteiger partial charge in [-0.3, -0.25) is 4.79 Å². The summed E-state index contributed by atoms with van der Waals surface area (Å²) < 4.78 is 23.6. The topological polar surface area (TPSA) is 54.5 Å². The van der Waals surface area contributed by atoms with Crippen molar-refractivity contribution in [2.45, 2.75) is 19.9 Å². The summed E-state index contributed by atoms with van der Waals surface area (Å²) in [6, 6.07) is 14.4. The first kappa shape index (κ1) is 16.5. The Bertz CT molecular complexity index is 881. The molecule has 0 saturated heterocycles. The van der Waals surface area contributed by atoms with Gasteiger partial charge in [0.05, 0.1) is 11.8 Å². The summed E-state index contributed by atoms with van der Waals surface area (Å²) in [5, 5.41) is 1.20. The maximum absolute atomic E-state index is 13.1. The molecule has 0 fully saturated rings. The molecular weight excluding hydrogens is 322 g/mol. The van der Waals surface area contributed by atoms with Crippen LogP contribution in [-0.2, 0) is 9.84 Å². The Morgan fingerprint density at radius 2 is 1.67 bits per heavy atom. The lowest BCUT2D eigenvalue weighted by molar-refractivity contribution is 0.0983. The van der Waals surface area contributed by atoms with Crippen LogP contribution < -0.4 is 4.90 Å². The van der Waals surface area contributed by atoms with Crippen molar-refractivity contribution in [3.63, 3.8) is 0 Å². The first-order valence-electron chi connectivity index (χ1n) is 7.73. The molecule has 4 nitrogen and oxygen atoms in total. The van der Waals surface area contributed by atoms with Crippen LogP contribution in [-0.4, -0.2) is 26.1 Å². The number of nitrogens with zero attached hydrogens (tertiary/aromatic N) is 1. The second-order valence-corrected chi connectivity index (χ2v) is 8.04. The molecule has 0 saturated carbocycles. The van der Waals surface area contributed by atoms with Crippen LogP contribution in [0.5, 0.6) is 0 Å². The fraction of sp³-hybridized carbons (Fsp3) is 0.211. The summed E-state index contributed by atoms with van der Waals surface area (Å²) >= 11 is 0. The van der Waals surface area contributed by atoms with Crippen LogP contribution in [0.25, 0.3) is 0 Å². The molecule has 0 spiro atoms. The number of carbonyl (C=O) groups is 1. The van der Waals surface area contributed by atoms with Gasteiger partial charge in [-0.15, -0.1) is 0 Å². The molecule has 1 aliphatic rings. The standard InChI is InChI=1S/C19H19NO3S/c1-14-10-15(2)12-16(11-14)19(21)20(17-6-4-3-5-7-17)18-8-9-24(22,23)13-18/h3-12,18H,13H2,1-2H3/t18-/m0/s1. The van der Waals surface area contributed by atoms with E-state index in [2.05, 4.69) is 0 Å². The minimum absolute atomic E-state index is 0.0849. The van der Waals surface area contributed by atoms with Crippen molar-refractivity contribution < 1.29 is 13.2 Å². The number of anilines is 1. The second-order valence-electron chi connectivity index (χ2n) is 6.11. The van der Waals surface area contributed by atoms with Gasteiger partial charge in [-0.1, -0.05) is 35.4 Å². The molecule has 0 aliphatic carbocycles. The van der Waals surface area contributed by atoms with Crippen molar-refractivity contribution in [2.75, 3.05) is 10.7 Å². The molecule has 3 rings (SSSR count). The molecule has 2 aromatic rings. The van der Waals surface area contributed by atoms with Crippen LogP contribution in [0.1, 0.15) is 21.5 Å². The van der Waals surface area contributed by atoms with E-state index in [-0.39, 0.29) is 11.7 Å². The third kappa shape index (κ3) is 3.41. The van der Waals surface area contributed by atoms with Gasteiger partial charge in [0.15, 0.2) is 9.84 Å². The van der Waals surface area contributed by atoms with Crippen molar-refractivity contribution in [1.29, 1.82) is 0 Å². The van der Waals surface area contributed by atoms with E-state index in [1.54, 1.807) is 11.0 Å². The number of hydrogen-bond donors (Lipinski definition) is 0. The Kier molecular flexibility index (Phi) is 4.28. The summed E-state index contributed by atoms with van der Waals surface area (Å²) in [6.07, 6.45) is 1.59. The van der Waals surface area contributed by atoms with Gasteiger partial charge in [0, 0.05) is 16.7 Å². The Morgan fingerprint density at radius 3 is 2.21 bits per heavy atom. The van der Waals surface area contributed by atoms with Gasteiger partial charge in [-0.2, -0.15) is 0 Å². The SMILES string of the molecule is Cc1cc(C)cc(C(=O)N(c2ccccc2)[C@H]2C=CS(=O)(=O)C2)c1. The van der Waals surface area contributed by atoms with Crippen molar-refractivity contribution in [3.8, 4) is 0 Å². The quantitative estimate of drug-likeness (QED) is 0.861. The number of sulfone groups is 1. The molecule has 124 valence electrons. The molecule has 1 amide bonds. The summed E-state index contributed by atoms with van der Waals surface area (Å²) in [5.41, 5.74) is 3.25. The van der Waals surface area contributed by atoms with E-state index in [9.17, 15) is 13.2 Å². The van der Waals surface area contributed by atoms with E-state index in [1.165, 1.54) is 5.41 Å². The van der Waals surface area contributed by atoms with Crippen molar-refractivity contribution >= 4 is 21.4 Å². The molecule has 1 atom stereocenters. The Morgan fingerprint density at radius 1 is 1.04 bits per heavy atom. The predicted molar refractivity (Wildman–Crippen MR) is 95.9 cm³/mol. The van der Waals surface area contributed by atoms with Crippen molar-refractivity contribution in [1.82, 2.24) is 0 Å². The first-order valence-corrected chi connectivity index (χ1v) is 9.45. The van der Waals surface area contributed by atoms with Gasteiger partial charge in [0.25, 0.3) is 5.91 Å². The minimum Gasteiger partial charge on any atom is -0.300 e. The van der Waals surface area contributed by atoms with Crippen molar-refractivity contribution in [2.24, 2.45) is 0 Å². The summed E-state index contributed by atoms with van der Waals surface area (Å²) in [7, 11) is -3.25. The average molecular weight is 341 g/mol. The Hall–Kier alpha value is -2.40. The van der Waals surface area contributed by atoms with E-state index in [4.69, 9.17) is 0 Å². The molecule has 0 unspecified atom stereocenters. The average Bonchev–Trinajstić information content (AvgIpc) is 2.87. The summed E-state index contributed by atoms with van der Waals surface area (Å²) in [5.74, 6) is -0.280. The highest BCUT2D eigenvalue weighted by Crippen LogP contribution is 2.25. The smallest absolute Gasteiger partial charge is 0.258 e. The van der Waals surface area contributed by atoms with E-state index in [0.717, 1.165) is 11.1 Å².